The Labute approximate surface area is 189 Å². The Bertz CT molecular complexity index is 1410. The molecule has 154 valence electrons. The summed E-state index contributed by atoms with van der Waals surface area (Å²) in [6, 6.07) is 34.4. The lowest BCUT2D eigenvalue weighted by atomic mass is 10.1. The second kappa shape index (κ2) is 7.14. The quantitative estimate of drug-likeness (QED) is 0.327. The maximum atomic E-state index is 4.81. The lowest BCUT2D eigenvalue weighted by Gasteiger charge is -2.41. The molecule has 0 saturated carbocycles. The first kappa shape index (κ1) is 19.0. The van der Waals surface area contributed by atoms with E-state index in [1.54, 1.807) is 0 Å². The smallest absolute Gasteiger partial charge is 0.117 e. The van der Waals surface area contributed by atoms with Crippen LogP contribution in [0.3, 0.4) is 0 Å². The molecule has 0 N–H and O–H groups in total. The second-order valence-corrected chi connectivity index (χ2v) is 13.1. The summed E-state index contributed by atoms with van der Waals surface area (Å²) in [6.07, 6.45) is 1.86. The van der Waals surface area contributed by atoms with E-state index < -0.39 is 8.07 Å². The van der Waals surface area contributed by atoms with Crippen molar-refractivity contribution in [2.75, 3.05) is 4.90 Å². The van der Waals surface area contributed by atoms with Crippen LogP contribution in [0.25, 0.3) is 22.3 Å². The molecule has 0 spiro atoms. The van der Waals surface area contributed by atoms with Crippen LogP contribution in [0, 0.1) is 0 Å². The molecule has 0 saturated heterocycles. The fraction of sp³-hybridized carbons (Fsp3) is 0.0714. The van der Waals surface area contributed by atoms with Crippen LogP contribution in [0.4, 0.5) is 17.1 Å². The van der Waals surface area contributed by atoms with Crippen molar-refractivity contribution in [3.8, 4) is 11.3 Å². The monoisotopic (exact) mass is 429 g/mol. The van der Waals surface area contributed by atoms with E-state index >= 15 is 0 Å². The zero-order chi connectivity index (χ0) is 21.7. The van der Waals surface area contributed by atoms with Crippen molar-refractivity contribution in [1.29, 1.82) is 0 Å². The minimum atomic E-state index is -1.76. The minimum absolute atomic E-state index is 0.892. The molecule has 0 fully saturated rings. The van der Waals surface area contributed by atoms with Gasteiger partial charge in [0, 0.05) is 22.6 Å². The van der Waals surface area contributed by atoms with Gasteiger partial charge in [-0.25, -0.2) is 4.98 Å². The van der Waals surface area contributed by atoms with Crippen LogP contribution in [0.5, 0.6) is 0 Å². The molecule has 32 heavy (non-hydrogen) atoms. The van der Waals surface area contributed by atoms with Crippen LogP contribution in [0.1, 0.15) is 0 Å². The Morgan fingerprint density at radius 2 is 1.19 bits per heavy atom. The van der Waals surface area contributed by atoms with Gasteiger partial charge in [-0.1, -0.05) is 73.8 Å². The van der Waals surface area contributed by atoms with Crippen molar-refractivity contribution >= 4 is 46.5 Å². The summed E-state index contributed by atoms with van der Waals surface area (Å²) in [7, 11) is -1.76. The number of hydrogen-bond acceptors (Lipinski definition) is 3. The third kappa shape index (κ3) is 2.88. The molecule has 4 aromatic carbocycles. The molecular weight excluding hydrogens is 406 g/mol. The zero-order valence-electron chi connectivity index (χ0n) is 18.2. The first-order valence-electron chi connectivity index (χ1n) is 10.9. The van der Waals surface area contributed by atoms with Gasteiger partial charge in [-0.2, -0.15) is 0 Å². The first-order chi connectivity index (χ1) is 15.6. The highest BCUT2D eigenvalue weighted by molar-refractivity contribution is 7.02. The molecule has 1 aliphatic heterocycles. The number of anilines is 3. The Morgan fingerprint density at radius 1 is 0.625 bits per heavy atom. The van der Waals surface area contributed by atoms with Crippen molar-refractivity contribution in [2.45, 2.75) is 13.1 Å². The summed E-state index contributed by atoms with van der Waals surface area (Å²) in [6.45, 7) is 4.90. The number of benzene rings is 4. The third-order valence-electron chi connectivity index (χ3n) is 6.51. The van der Waals surface area contributed by atoms with Crippen LogP contribution < -0.4 is 15.3 Å². The van der Waals surface area contributed by atoms with E-state index in [0.717, 1.165) is 28.0 Å². The topological polar surface area (TPSA) is 29.0 Å². The van der Waals surface area contributed by atoms with Gasteiger partial charge in [-0.15, -0.1) is 0 Å². The number of fused-ring (bicyclic) bond motifs is 3. The van der Waals surface area contributed by atoms with Crippen molar-refractivity contribution < 1.29 is 0 Å². The van der Waals surface area contributed by atoms with Gasteiger partial charge in [-0.3, -0.25) is 4.98 Å². The fourth-order valence-electron chi connectivity index (χ4n) is 4.82. The fourth-order valence-corrected chi connectivity index (χ4v) is 7.81. The van der Waals surface area contributed by atoms with E-state index in [0.29, 0.717) is 0 Å². The van der Waals surface area contributed by atoms with Crippen molar-refractivity contribution in [2.24, 2.45) is 0 Å². The minimum Gasteiger partial charge on any atom is -0.311 e. The predicted octanol–water partition coefficient (Wildman–Crippen LogP) is 5.90. The van der Waals surface area contributed by atoms with Crippen LogP contribution in [0.15, 0.2) is 103 Å². The standard InChI is InChI=1S/C28H23N3Si/c1-32(2)27-13-7-5-11-25(27)31(26-12-6-8-14-28(26)32)21-17-15-20(16-18-21)24-19-29-22-9-3-4-10-23(22)30-24/h3-19H,1-2H3. The van der Waals surface area contributed by atoms with Crippen molar-refractivity contribution in [3.63, 3.8) is 0 Å². The molecule has 2 heterocycles. The van der Waals surface area contributed by atoms with E-state index in [1.165, 1.54) is 21.7 Å². The van der Waals surface area contributed by atoms with E-state index in [1.807, 2.05) is 30.5 Å². The number of aromatic nitrogens is 2. The number of para-hydroxylation sites is 4. The molecule has 0 unspecified atom stereocenters. The maximum Gasteiger partial charge on any atom is 0.117 e. The molecule has 1 aliphatic rings. The van der Waals surface area contributed by atoms with Crippen LogP contribution >= 0.6 is 0 Å². The molecule has 5 aromatic rings. The van der Waals surface area contributed by atoms with Gasteiger partial charge in [0.1, 0.15) is 8.07 Å². The highest BCUT2D eigenvalue weighted by Gasteiger charge is 2.38. The SMILES string of the molecule is C[Si]1(C)c2ccccc2N(c2ccc(-c3cnc4ccccc4n3)cc2)c2ccccc21. The van der Waals surface area contributed by atoms with Gasteiger partial charge < -0.3 is 4.90 Å². The van der Waals surface area contributed by atoms with Crippen LogP contribution in [-0.2, 0) is 0 Å². The van der Waals surface area contributed by atoms with Gasteiger partial charge in [0.2, 0.25) is 0 Å². The predicted molar refractivity (Wildman–Crippen MR) is 136 cm³/mol. The zero-order valence-corrected chi connectivity index (χ0v) is 19.2. The molecule has 1 aromatic heterocycles. The summed E-state index contributed by atoms with van der Waals surface area (Å²) in [5, 5.41) is 2.95. The van der Waals surface area contributed by atoms with E-state index in [4.69, 9.17) is 4.98 Å². The van der Waals surface area contributed by atoms with Gasteiger partial charge in [0.15, 0.2) is 0 Å². The van der Waals surface area contributed by atoms with Gasteiger partial charge in [-0.05, 0) is 46.8 Å². The van der Waals surface area contributed by atoms with E-state index in [-0.39, 0.29) is 0 Å². The van der Waals surface area contributed by atoms with Crippen molar-refractivity contribution in [1.82, 2.24) is 9.97 Å². The Hall–Kier alpha value is -3.76. The third-order valence-corrected chi connectivity index (χ3v) is 10.0. The molecular formula is C28H23N3Si. The first-order valence-corrected chi connectivity index (χ1v) is 13.9. The second-order valence-electron chi connectivity index (χ2n) is 8.79. The van der Waals surface area contributed by atoms with Crippen molar-refractivity contribution in [3.05, 3.63) is 103 Å². The van der Waals surface area contributed by atoms with Crippen LogP contribution in [-0.4, -0.2) is 18.0 Å². The summed E-state index contributed by atoms with van der Waals surface area (Å²) in [5.74, 6) is 0. The highest BCUT2D eigenvalue weighted by atomic mass is 28.3. The number of hydrogen-bond donors (Lipinski definition) is 0. The molecule has 0 amide bonds. The normalized spacial score (nSPS) is 14.1. The molecule has 0 atom stereocenters. The molecule has 3 nitrogen and oxygen atoms in total. The summed E-state index contributed by atoms with van der Waals surface area (Å²) >= 11 is 0. The number of rotatable bonds is 2. The highest BCUT2D eigenvalue weighted by Crippen LogP contribution is 2.38. The van der Waals surface area contributed by atoms with Crippen LogP contribution in [0.2, 0.25) is 13.1 Å². The Morgan fingerprint density at radius 3 is 1.84 bits per heavy atom. The molecule has 0 bridgehead atoms. The van der Waals surface area contributed by atoms with E-state index in [9.17, 15) is 0 Å². The maximum absolute atomic E-state index is 4.81. The molecule has 0 aliphatic carbocycles. The lowest BCUT2D eigenvalue weighted by Crippen LogP contribution is -2.58. The summed E-state index contributed by atoms with van der Waals surface area (Å²) in [5.41, 5.74) is 7.54. The Balaban J connectivity index is 1.46. The molecule has 6 rings (SSSR count). The largest absolute Gasteiger partial charge is 0.311 e. The van der Waals surface area contributed by atoms with Gasteiger partial charge >= 0.3 is 0 Å². The lowest BCUT2D eigenvalue weighted by molar-refractivity contribution is 1.27. The van der Waals surface area contributed by atoms with E-state index in [2.05, 4.69) is 95.8 Å². The molecule has 0 radical (unpaired) electrons. The van der Waals surface area contributed by atoms with Gasteiger partial charge in [0.25, 0.3) is 0 Å². The summed E-state index contributed by atoms with van der Waals surface area (Å²) < 4.78 is 0. The van der Waals surface area contributed by atoms with Gasteiger partial charge in [0.05, 0.1) is 22.9 Å². The molecule has 4 heteroatoms. The summed E-state index contributed by atoms with van der Waals surface area (Å²) in [4.78, 5) is 11.8. The number of nitrogens with zero attached hydrogens (tertiary/aromatic N) is 3. The average Bonchev–Trinajstić information content (AvgIpc) is 2.84. The Kier molecular flexibility index (Phi) is 4.23. The average molecular weight is 430 g/mol.